The van der Waals surface area contributed by atoms with Gasteiger partial charge in [0, 0.05) is 16.5 Å². The number of esters is 2. The molecule has 0 atom stereocenters. The maximum Gasteiger partial charge on any atom is 0.306 e. The van der Waals surface area contributed by atoms with E-state index in [-0.39, 0.29) is 31.3 Å². The molecule has 0 fully saturated rings. The highest BCUT2D eigenvalue weighted by atomic mass is 35.5. The van der Waals surface area contributed by atoms with Crippen molar-refractivity contribution in [1.29, 1.82) is 0 Å². The minimum Gasteiger partial charge on any atom is -0.465 e. The van der Waals surface area contributed by atoms with Gasteiger partial charge < -0.3 is 9.47 Å². The summed E-state index contributed by atoms with van der Waals surface area (Å²) in [6.45, 7) is 4.47. The van der Waals surface area contributed by atoms with E-state index in [1.807, 2.05) is 13.8 Å². The molecule has 0 N–H and O–H groups in total. The lowest BCUT2D eigenvalue weighted by Gasteiger charge is -2.08. The van der Waals surface area contributed by atoms with Gasteiger partial charge in [0.1, 0.15) is 0 Å². The number of carbonyl (C=O) groups excluding carboxylic acids is 2. The van der Waals surface area contributed by atoms with Gasteiger partial charge >= 0.3 is 11.9 Å². The van der Waals surface area contributed by atoms with Crippen LogP contribution < -0.4 is 0 Å². The summed E-state index contributed by atoms with van der Waals surface area (Å²) < 4.78 is 10.0. The largest absolute Gasteiger partial charge is 0.465 e. The van der Waals surface area contributed by atoms with Gasteiger partial charge in [0.25, 0.3) is 0 Å². The molecule has 1 aromatic carbocycles. The zero-order valence-corrected chi connectivity index (χ0v) is 14.2. The van der Waals surface area contributed by atoms with Crippen LogP contribution in [0.2, 0.25) is 10.0 Å². The zero-order valence-electron chi connectivity index (χ0n) is 12.7. The lowest BCUT2D eigenvalue weighted by atomic mass is 10.2. The van der Waals surface area contributed by atoms with E-state index in [4.69, 9.17) is 32.7 Å². The first-order chi connectivity index (χ1) is 10.4. The molecule has 0 heterocycles. The molecule has 0 aliphatic carbocycles. The SMILES string of the molecule is CC(C)COC(=O)CCC(=O)OCCc1ccc(Cl)cc1Cl. The molecule has 0 unspecified atom stereocenters. The first-order valence-electron chi connectivity index (χ1n) is 7.13. The second-order valence-corrected chi connectivity index (χ2v) is 6.13. The third-order valence-corrected chi connectivity index (χ3v) is 3.35. The fourth-order valence-corrected chi connectivity index (χ4v) is 2.11. The molecule has 0 aliphatic rings. The Labute approximate surface area is 140 Å². The molecule has 6 heteroatoms. The Bertz CT molecular complexity index is 515. The van der Waals surface area contributed by atoms with Crippen molar-refractivity contribution in [2.75, 3.05) is 13.2 Å². The van der Waals surface area contributed by atoms with Crippen molar-refractivity contribution in [3.05, 3.63) is 33.8 Å². The third-order valence-electron chi connectivity index (χ3n) is 2.76. The molecule has 0 aromatic heterocycles. The van der Waals surface area contributed by atoms with Crippen molar-refractivity contribution in [2.45, 2.75) is 33.1 Å². The minimum atomic E-state index is -0.424. The molecule has 0 aliphatic heterocycles. The van der Waals surface area contributed by atoms with Crippen LogP contribution in [-0.2, 0) is 25.5 Å². The number of ether oxygens (including phenoxy) is 2. The zero-order chi connectivity index (χ0) is 16.5. The van der Waals surface area contributed by atoms with Crippen LogP contribution in [0, 0.1) is 5.92 Å². The van der Waals surface area contributed by atoms with Gasteiger partial charge in [-0.1, -0.05) is 43.1 Å². The predicted molar refractivity (Wildman–Crippen MR) is 86.2 cm³/mol. The van der Waals surface area contributed by atoms with E-state index in [0.717, 1.165) is 5.56 Å². The molecule has 22 heavy (non-hydrogen) atoms. The molecule has 1 rings (SSSR count). The molecule has 122 valence electrons. The normalized spacial score (nSPS) is 10.6. The van der Waals surface area contributed by atoms with Crippen LogP contribution in [-0.4, -0.2) is 25.2 Å². The standard InChI is InChI=1S/C16H20Cl2O4/c1-11(2)10-22-16(20)6-5-15(19)21-8-7-12-3-4-13(17)9-14(12)18/h3-4,9,11H,5-8,10H2,1-2H3. The van der Waals surface area contributed by atoms with Crippen molar-refractivity contribution in [3.63, 3.8) is 0 Å². The van der Waals surface area contributed by atoms with Gasteiger partial charge in [-0.05, 0) is 23.6 Å². The summed E-state index contributed by atoms with van der Waals surface area (Å²) in [4.78, 5) is 22.9. The Hall–Kier alpha value is -1.26. The summed E-state index contributed by atoms with van der Waals surface area (Å²) in [6, 6.07) is 5.17. The minimum absolute atomic E-state index is 0.0191. The van der Waals surface area contributed by atoms with Gasteiger partial charge in [-0.15, -0.1) is 0 Å². The van der Waals surface area contributed by atoms with E-state index < -0.39 is 5.97 Å². The van der Waals surface area contributed by atoms with E-state index in [1.165, 1.54) is 0 Å². The Morgan fingerprint density at radius 2 is 1.73 bits per heavy atom. The Balaban J connectivity index is 2.22. The Morgan fingerprint density at radius 3 is 2.32 bits per heavy atom. The van der Waals surface area contributed by atoms with Crippen LogP contribution in [0.5, 0.6) is 0 Å². The number of hydrogen-bond acceptors (Lipinski definition) is 4. The molecule has 4 nitrogen and oxygen atoms in total. The van der Waals surface area contributed by atoms with Gasteiger partial charge in [0.05, 0.1) is 26.1 Å². The third kappa shape index (κ3) is 7.66. The molecule has 0 amide bonds. The van der Waals surface area contributed by atoms with Gasteiger partial charge in [-0.2, -0.15) is 0 Å². The second-order valence-electron chi connectivity index (χ2n) is 5.28. The smallest absolute Gasteiger partial charge is 0.306 e. The van der Waals surface area contributed by atoms with E-state index in [0.29, 0.717) is 23.1 Å². The molecule has 0 spiro atoms. The maximum atomic E-state index is 11.5. The molecular weight excluding hydrogens is 327 g/mol. The first-order valence-corrected chi connectivity index (χ1v) is 7.89. The predicted octanol–water partition coefficient (Wildman–Crippen LogP) is 4.06. The number of carbonyl (C=O) groups is 2. The summed E-state index contributed by atoms with van der Waals surface area (Å²) in [7, 11) is 0. The van der Waals surface area contributed by atoms with Crippen molar-refractivity contribution >= 4 is 35.1 Å². The van der Waals surface area contributed by atoms with Gasteiger partial charge in [0.2, 0.25) is 0 Å². The Morgan fingerprint density at radius 1 is 1.09 bits per heavy atom. The molecule has 0 bridgehead atoms. The molecule has 0 saturated carbocycles. The van der Waals surface area contributed by atoms with Crippen LogP contribution in [0.3, 0.4) is 0 Å². The number of hydrogen-bond donors (Lipinski definition) is 0. The molecule has 0 saturated heterocycles. The van der Waals surface area contributed by atoms with E-state index in [2.05, 4.69) is 0 Å². The lowest BCUT2D eigenvalue weighted by molar-refractivity contribution is -0.150. The van der Waals surface area contributed by atoms with E-state index in [1.54, 1.807) is 18.2 Å². The highest BCUT2D eigenvalue weighted by Gasteiger charge is 2.10. The fourth-order valence-electron chi connectivity index (χ4n) is 1.61. The average Bonchev–Trinajstić information content (AvgIpc) is 2.45. The van der Waals surface area contributed by atoms with Crippen molar-refractivity contribution < 1.29 is 19.1 Å². The summed E-state index contributed by atoms with van der Waals surface area (Å²) in [5.41, 5.74) is 0.857. The number of halogens is 2. The summed E-state index contributed by atoms with van der Waals surface area (Å²) in [6.07, 6.45) is 0.554. The van der Waals surface area contributed by atoms with Crippen molar-refractivity contribution in [1.82, 2.24) is 0 Å². The molecule has 1 aromatic rings. The van der Waals surface area contributed by atoms with Crippen molar-refractivity contribution in [2.24, 2.45) is 5.92 Å². The second kappa shape index (κ2) is 9.70. The number of rotatable bonds is 8. The average molecular weight is 347 g/mol. The molecule has 0 radical (unpaired) electrons. The monoisotopic (exact) mass is 346 g/mol. The lowest BCUT2D eigenvalue weighted by Crippen LogP contribution is -2.13. The number of benzene rings is 1. The van der Waals surface area contributed by atoms with Crippen LogP contribution >= 0.6 is 23.2 Å². The van der Waals surface area contributed by atoms with Crippen LogP contribution in [0.15, 0.2) is 18.2 Å². The van der Waals surface area contributed by atoms with E-state index >= 15 is 0 Å². The van der Waals surface area contributed by atoms with Gasteiger partial charge in [-0.3, -0.25) is 9.59 Å². The van der Waals surface area contributed by atoms with Crippen LogP contribution in [0.1, 0.15) is 32.3 Å². The highest BCUT2D eigenvalue weighted by Crippen LogP contribution is 2.21. The topological polar surface area (TPSA) is 52.6 Å². The van der Waals surface area contributed by atoms with Crippen molar-refractivity contribution in [3.8, 4) is 0 Å². The van der Waals surface area contributed by atoms with Crippen LogP contribution in [0.4, 0.5) is 0 Å². The van der Waals surface area contributed by atoms with Gasteiger partial charge in [0.15, 0.2) is 0 Å². The van der Waals surface area contributed by atoms with Gasteiger partial charge in [-0.25, -0.2) is 0 Å². The van der Waals surface area contributed by atoms with Crippen LogP contribution in [0.25, 0.3) is 0 Å². The van der Waals surface area contributed by atoms with E-state index in [9.17, 15) is 9.59 Å². The molecular formula is C16H20Cl2O4. The fraction of sp³-hybridized carbons (Fsp3) is 0.500. The summed E-state index contributed by atoms with van der Waals surface area (Å²) >= 11 is 11.8. The Kier molecular flexibility index (Phi) is 8.28. The summed E-state index contributed by atoms with van der Waals surface area (Å²) in [5.74, 6) is -0.530. The maximum absolute atomic E-state index is 11.5. The summed E-state index contributed by atoms with van der Waals surface area (Å²) in [5, 5.41) is 1.10. The quantitative estimate of drug-likeness (QED) is 0.666. The highest BCUT2D eigenvalue weighted by molar-refractivity contribution is 6.35. The first kappa shape index (κ1) is 18.8.